The first-order valence-corrected chi connectivity index (χ1v) is 17.8. The first-order valence-electron chi connectivity index (χ1n) is 17.8. The number of amides is 3. The number of rotatable bonds is 18. The van der Waals surface area contributed by atoms with Crippen LogP contribution < -0.4 is 27.2 Å². The molecule has 1 aliphatic rings. The van der Waals surface area contributed by atoms with Crippen molar-refractivity contribution in [2.75, 3.05) is 13.2 Å². The number of ether oxygens (including phenoxy) is 4. The average Bonchev–Trinajstić information content (AvgIpc) is 3.47. The van der Waals surface area contributed by atoms with E-state index in [1.165, 1.54) is 0 Å². The highest BCUT2D eigenvalue weighted by atomic mass is 19.1. The molecule has 1 saturated heterocycles. The van der Waals surface area contributed by atoms with E-state index >= 15 is 0 Å². The van der Waals surface area contributed by atoms with Crippen molar-refractivity contribution in [3.63, 3.8) is 0 Å². The van der Waals surface area contributed by atoms with Crippen molar-refractivity contribution >= 4 is 24.1 Å². The molecule has 17 nitrogen and oxygen atoms in total. The number of halogens is 1. The maximum Gasteiger partial charge on any atom is 0.408 e. The molecule has 0 spiro atoms. The molecule has 6 N–H and O–H groups in total. The van der Waals surface area contributed by atoms with Gasteiger partial charge in [0.25, 0.3) is 5.56 Å². The van der Waals surface area contributed by atoms with E-state index in [0.29, 0.717) is 30.0 Å². The van der Waals surface area contributed by atoms with Gasteiger partial charge in [-0.25, -0.2) is 19.2 Å². The zero-order valence-corrected chi connectivity index (χ0v) is 30.4. The molecular formula is C37H46FN5O12. The lowest BCUT2D eigenvalue weighted by molar-refractivity contribution is -0.155. The number of hydrogen-bond acceptors (Lipinski definition) is 12. The van der Waals surface area contributed by atoms with E-state index in [1.54, 1.807) is 43.1 Å². The number of nitrogens with one attached hydrogen (secondary N) is 4. The highest BCUT2D eigenvalue weighted by Crippen LogP contribution is 2.29. The molecule has 1 aliphatic heterocycles. The van der Waals surface area contributed by atoms with Crippen molar-refractivity contribution in [1.29, 1.82) is 0 Å². The second-order valence-electron chi connectivity index (χ2n) is 12.9. The van der Waals surface area contributed by atoms with Crippen LogP contribution in [0.15, 0.2) is 76.4 Å². The van der Waals surface area contributed by atoms with Gasteiger partial charge in [0.1, 0.15) is 50.2 Å². The van der Waals surface area contributed by atoms with Gasteiger partial charge in [-0.05, 0) is 36.3 Å². The van der Waals surface area contributed by atoms with Gasteiger partial charge in [-0.15, -0.1) is 0 Å². The zero-order chi connectivity index (χ0) is 39.9. The van der Waals surface area contributed by atoms with E-state index in [0.717, 1.165) is 11.1 Å². The lowest BCUT2D eigenvalue weighted by atomic mass is 9.98. The van der Waals surface area contributed by atoms with Crippen LogP contribution in [0.5, 0.6) is 0 Å². The Labute approximate surface area is 315 Å². The van der Waals surface area contributed by atoms with Crippen LogP contribution in [0.4, 0.5) is 14.0 Å². The smallest absolute Gasteiger partial charge is 0.408 e. The standard InChI is InChI=1S/C37H46FN5O12/c1-3-22(2)28(34(48)52-21-27-29(44)30(45)33(55-27)43-18-25(38)31(46)42-35(43)49)41-32(47)26(40-37(51)54-20-24-14-8-5-9-15-24)16-10-11-17-39-36(50)53-19-23-12-6-4-7-13-23/h4-9,12-15,18,22,26-30,33,44-45H,3,10-11,16-17,19-21H2,1-2H3,(H,39,50)(H,40,51)(H,41,47)(H,42,46,49)/t22-,26-,27+,28-,29+,30+,33+/m0/s1. The van der Waals surface area contributed by atoms with Crippen molar-refractivity contribution in [3.05, 3.63) is 105 Å². The van der Waals surface area contributed by atoms with Crippen molar-refractivity contribution in [2.45, 2.75) is 89.4 Å². The van der Waals surface area contributed by atoms with Crippen LogP contribution >= 0.6 is 0 Å². The fraction of sp³-hybridized carbons (Fsp3) is 0.459. The van der Waals surface area contributed by atoms with Gasteiger partial charge in [0.05, 0.1) is 6.20 Å². The first kappa shape index (κ1) is 42.2. The van der Waals surface area contributed by atoms with Gasteiger partial charge in [-0.2, -0.15) is 4.39 Å². The SMILES string of the molecule is CC[C@H](C)[C@H](NC(=O)[C@H](CCCCNC(=O)OCc1ccccc1)NC(=O)OCc1ccccc1)C(=O)OC[C@H]1O[C@@H](n2cc(F)c(=O)[nH]c2=O)[C@H](O)[C@@H]1O. The van der Waals surface area contributed by atoms with Crippen LogP contribution in [0, 0.1) is 11.7 Å². The number of unbranched alkanes of at least 4 members (excludes halogenated alkanes) is 1. The van der Waals surface area contributed by atoms with Gasteiger partial charge in [0.15, 0.2) is 6.23 Å². The minimum Gasteiger partial charge on any atom is -0.461 e. The molecule has 4 rings (SSSR count). The Kier molecular flexibility index (Phi) is 15.9. The van der Waals surface area contributed by atoms with Crippen LogP contribution in [-0.2, 0) is 41.8 Å². The third-order valence-electron chi connectivity index (χ3n) is 8.91. The molecule has 0 bridgehead atoms. The second kappa shape index (κ2) is 20.8. The largest absolute Gasteiger partial charge is 0.461 e. The molecule has 2 aromatic carbocycles. The maximum absolute atomic E-state index is 13.9. The second-order valence-corrected chi connectivity index (χ2v) is 12.9. The lowest BCUT2D eigenvalue weighted by Gasteiger charge is -2.26. The van der Waals surface area contributed by atoms with E-state index in [1.807, 2.05) is 36.4 Å². The molecule has 0 unspecified atom stereocenters. The van der Waals surface area contributed by atoms with E-state index in [9.17, 15) is 43.4 Å². The molecule has 1 fully saturated rings. The minimum atomic E-state index is -1.76. The average molecular weight is 772 g/mol. The minimum absolute atomic E-state index is 0.0612. The maximum atomic E-state index is 13.9. The summed E-state index contributed by atoms with van der Waals surface area (Å²) in [5.41, 5.74) is -0.846. The number of aromatic amines is 1. The molecule has 0 radical (unpaired) electrons. The van der Waals surface area contributed by atoms with E-state index in [2.05, 4.69) is 16.0 Å². The lowest BCUT2D eigenvalue weighted by Crippen LogP contribution is -2.54. The molecule has 3 aromatic rings. The monoisotopic (exact) mass is 771 g/mol. The summed E-state index contributed by atoms with van der Waals surface area (Å²) in [6.45, 7) is 3.08. The number of hydrogen-bond donors (Lipinski definition) is 6. The summed E-state index contributed by atoms with van der Waals surface area (Å²) in [6.07, 6.45) is -6.14. The number of nitrogens with zero attached hydrogens (tertiary/aromatic N) is 1. The van der Waals surface area contributed by atoms with E-state index < -0.39 is 90.3 Å². The number of aliphatic hydroxyl groups excluding tert-OH is 2. The molecule has 2 heterocycles. The van der Waals surface area contributed by atoms with Crippen molar-refractivity contribution in [1.82, 2.24) is 25.5 Å². The summed E-state index contributed by atoms with van der Waals surface area (Å²) in [5.74, 6) is -3.46. The Morgan fingerprint density at radius 3 is 2.13 bits per heavy atom. The Balaban J connectivity index is 1.35. The van der Waals surface area contributed by atoms with Gasteiger partial charge in [-0.3, -0.25) is 19.1 Å². The Morgan fingerprint density at radius 2 is 1.51 bits per heavy atom. The number of alkyl carbamates (subject to hydrolysis) is 2. The summed E-state index contributed by atoms with van der Waals surface area (Å²) in [6, 6.07) is 15.6. The number of H-pyrrole nitrogens is 1. The number of esters is 1. The molecule has 1 aromatic heterocycles. The number of aromatic nitrogens is 2. The van der Waals surface area contributed by atoms with Gasteiger partial charge in [0.2, 0.25) is 11.7 Å². The topological polar surface area (TPSA) is 237 Å². The molecule has 0 aliphatic carbocycles. The van der Waals surface area contributed by atoms with Crippen molar-refractivity contribution in [2.24, 2.45) is 5.92 Å². The Morgan fingerprint density at radius 1 is 0.891 bits per heavy atom. The molecule has 55 heavy (non-hydrogen) atoms. The molecule has 18 heteroatoms. The van der Waals surface area contributed by atoms with Crippen LogP contribution in [0.2, 0.25) is 0 Å². The zero-order valence-electron chi connectivity index (χ0n) is 30.4. The fourth-order valence-electron chi connectivity index (χ4n) is 5.54. The van der Waals surface area contributed by atoms with Gasteiger partial charge in [-0.1, -0.05) is 80.9 Å². The number of carbonyl (C=O) groups excluding carboxylic acids is 4. The third kappa shape index (κ3) is 12.5. The summed E-state index contributed by atoms with van der Waals surface area (Å²) < 4.78 is 35.8. The van der Waals surface area contributed by atoms with Gasteiger partial charge in [0, 0.05) is 6.54 Å². The number of aliphatic hydroxyl groups is 2. The fourth-order valence-corrected chi connectivity index (χ4v) is 5.54. The van der Waals surface area contributed by atoms with Crippen LogP contribution in [0.1, 0.15) is 56.9 Å². The van der Waals surface area contributed by atoms with Crippen LogP contribution in [-0.4, -0.2) is 87.4 Å². The third-order valence-corrected chi connectivity index (χ3v) is 8.91. The molecule has 3 amide bonds. The highest BCUT2D eigenvalue weighted by molar-refractivity contribution is 5.89. The molecule has 0 saturated carbocycles. The van der Waals surface area contributed by atoms with Crippen LogP contribution in [0.25, 0.3) is 0 Å². The summed E-state index contributed by atoms with van der Waals surface area (Å²) >= 11 is 0. The normalized spacial score (nSPS) is 19.4. The summed E-state index contributed by atoms with van der Waals surface area (Å²) in [5, 5.41) is 28.9. The Hall–Kier alpha value is -5.59. The molecule has 7 atom stereocenters. The van der Waals surface area contributed by atoms with Crippen molar-refractivity contribution in [3.8, 4) is 0 Å². The molecule has 298 valence electrons. The molecular weight excluding hydrogens is 725 g/mol. The first-order chi connectivity index (χ1) is 26.4. The van der Waals surface area contributed by atoms with Crippen molar-refractivity contribution < 1.29 is 52.7 Å². The summed E-state index contributed by atoms with van der Waals surface area (Å²) in [4.78, 5) is 77.3. The number of carbonyl (C=O) groups is 4. The predicted octanol–water partition coefficient (Wildman–Crippen LogP) is 1.76. The van der Waals surface area contributed by atoms with Crippen LogP contribution in [0.3, 0.4) is 0 Å². The van der Waals surface area contributed by atoms with E-state index in [-0.39, 0.29) is 26.2 Å². The summed E-state index contributed by atoms with van der Waals surface area (Å²) in [7, 11) is 0. The highest BCUT2D eigenvalue weighted by Gasteiger charge is 2.45. The van der Waals surface area contributed by atoms with E-state index in [4.69, 9.17) is 18.9 Å². The van der Waals surface area contributed by atoms with Gasteiger partial charge < -0.3 is 45.1 Å². The predicted molar refractivity (Wildman–Crippen MR) is 192 cm³/mol. The number of benzene rings is 2. The Bertz CT molecular complexity index is 1840. The van der Waals surface area contributed by atoms with Gasteiger partial charge >= 0.3 is 23.8 Å². The quantitative estimate of drug-likeness (QED) is 0.0617.